The van der Waals surface area contributed by atoms with Gasteiger partial charge in [0.15, 0.2) is 5.13 Å². The van der Waals surface area contributed by atoms with E-state index < -0.39 is 12.0 Å². The Labute approximate surface area is 116 Å². The van der Waals surface area contributed by atoms with Gasteiger partial charge in [-0.15, -0.1) is 11.3 Å². The van der Waals surface area contributed by atoms with Crippen molar-refractivity contribution in [1.29, 1.82) is 0 Å². The van der Waals surface area contributed by atoms with E-state index in [4.69, 9.17) is 5.11 Å². The smallest absolute Gasteiger partial charge is 0.309 e. The summed E-state index contributed by atoms with van der Waals surface area (Å²) in [5.74, 6) is -0.610. The predicted molar refractivity (Wildman–Crippen MR) is 74.4 cm³/mol. The summed E-state index contributed by atoms with van der Waals surface area (Å²) in [5, 5.41) is 16.7. The number of hydrogen-bond donors (Lipinski definition) is 3. The molecule has 1 rings (SSSR count). The third kappa shape index (κ3) is 5.69. The predicted octanol–water partition coefficient (Wildman–Crippen LogP) is 1.34. The van der Waals surface area contributed by atoms with Crippen LogP contribution in [0, 0.1) is 5.92 Å². The van der Waals surface area contributed by atoms with Crippen molar-refractivity contribution in [3.63, 3.8) is 0 Å². The number of amides is 1. The van der Waals surface area contributed by atoms with Gasteiger partial charge in [-0.3, -0.25) is 9.59 Å². The van der Waals surface area contributed by atoms with E-state index in [2.05, 4.69) is 15.6 Å². The minimum Gasteiger partial charge on any atom is -0.481 e. The van der Waals surface area contributed by atoms with Crippen molar-refractivity contribution in [2.24, 2.45) is 5.92 Å². The quantitative estimate of drug-likeness (QED) is 0.703. The number of thiazole rings is 1. The number of anilines is 1. The first kappa shape index (κ1) is 15.4. The molecule has 0 aliphatic heterocycles. The lowest BCUT2D eigenvalue weighted by Crippen LogP contribution is -2.39. The lowest BCUT2D eigenvalue weighted by atomic mass is 10.2. The topological polar surface area (TPSA) is 91.3 Å². The number of carbonyl (C=O) groups is 2. The second-order valence-electron chi connectivity index (χ2n) is 4.72. The molecule has 1 heterocycles. The number of hydrogen-bond acceptors (Lipinski definition) is 5. The molecule has 0 radical (unpaired) electrons. The number of carbonyl (C=O) groups excluding carboxylic acids is 1. The number of aromatic nitrogens is 1. The van der Waals surface area contributed by atoms with Gasteiger partial charge in [0.25, 0.3) is 0 Å². The van der Waals surface area contributed by atoms with E-state index in [9.17, 15) is 9.59 Å². The number of carboxylic acid groups (broad SMARTS) is 1. The summed E-state index contributed by atoms with van der Waals surface area (Å²) in [6, 6.07) is -0.400. The minimum absolute atomic E-state index is 0.0938. The van der Waals surface area contributed by atoms with Gasteiger partial charge in [-0.05, 0) is 12.8 Å². The van der Waals surface area contributed by atoms with Crippen LogP contribution >= 0.6 is 11.3 Å². The summed E-state index contributed by atoms with van der Waals surface area (Å²) in [7, 11) is 0. The van der Waals surface area contributed by atoms with Crippen LogP contribution in [-0.2, 0) is 16.0 Å². The molecule has 3 N–H and O–H groups in total. The lowest BCUT2D eigenvalue weighted by Gasteiger charge is -2.14. The van der Waals surface area contributed by atoms with Gasteiger partial charge in [0.2, 0.25) is 5.91 Å². The van der Waals surface area contributed by atoms with Gasteiger partial charge in [-0.25, -0.2) is 4.98 Å². The number of nitrogens with zero attached hydrogens (tertiary/aromatic N) is 1. The summed E-state index contributed by atoms with van der Waals surface area (Å²) < 4.78 is 0. The molecule has 6 nitrogen and oxygen atoms in total. The van der Waals surface area contributed by atoms with E-state index in [-0.39, 0.29) is 12.3 Å². The Morgan fingerprint density at radius 1 is 1.42 bits per heavy atom. The first-order valence-electron chi connectivity index (χ1n) is 6.09. The number of rotatable bonds is 7. The van der Waals surface area contributed by atoms with Crippen molar-refractivity contribution in [2.75, 3.05) is 11.9 Å². The first-order chi connectivity index (χ1) is 8.88. The van der Waals surface area contributed by atoms with Crippen LogP contribution in [0.15, 0.2) is 5.38 Å². The molecule has 1 aromatic heterocycles. The highest BCUT2D eigenvalue weighted by Crippen LogP contribution is 2.16. The Morgan fingerprint density at radius 2 is 2.11 bits per heavy atom. The van der Waals surface area contributed by atoms with Gasteiger partial charge in [-0.2, -0.15) is 0 Å². The Morgan fingerprint density at radius 3 is 2.68 bits per heavy atom. The van der Waals surface area contributed by atoms with Crippen LogP contribution in [0.25, 0.3) is 0 Å². The molecule has 7 heteroatoms. The molecule has 0 saturated carbocycles. The molecule has 1 unspecified atom stereocenters. The maximum atomic E-state index is 11.7. The van der Waals surface area contributed by atoms with Gasteiger partial charge in [0.05, 0.1) is 12.1 Å². The van der Waals surface area contributed by atoms with Crippen LogP contribution in [-0.4, -0.2) is 34.6 Å². The molecule has 0 aliphatic rings. The van der Waals surface area contributed by atoms with Crippen LogP contribution in [0.2, 0.25) is 0 Å². The SMILES string of the molecule is CC(C)CNC(=O)C(C)Nc1nc(CC(=O)O)cs1. The average molecular weight is 285 g/mol. The summed E-state index contributed by atoms with van der Waals surface area (Å²) in [6.45, 7) is 6.43. The lowest BCUT2D eigenvalue weighted by molar-refractivity contribution is -0.136. The zero-order chi connectivity index (χ0) is 14.4. The molecule has 0 fully saturated rings. The molecule has 0 saturated heterocycles. The second kappa shape index (κ2) is 7.08. The zero-order valence-corrected chi connectivity index (χ0v) is 12.1. The molecule has 1 aromatic rings. The van der Waals surface area contributed by atoms with E-state index >= 15 is 0 Å². The third-order valence-electron chi connectivity index (χ3n) is 2.30. The standard InChI is InChI=1S/C12H19N3O3S/c1-7(2)5-13-11(18)8(3)14-12-15-9(6-19-12)4-10(16)17/h6-8H,4-5H2,1-3H3,(H,13,18)(H,14,15)(H,16,17). The summed E-state index contributed by atoms with van der Waals surface area (Å²) >= 11 is 1.30. The summed E-state index contributed by atoms with van der Waals surface area (Å²) in [6.07, 6.45) is -0.105. The van der Waals surface area contributed by atoms with Crippen molar-refractivity contribution in [3.8, 4) is 0 Å². The first-order valence-corrected chi connectivity index (χ1v) is 6.97. The molecule has 0 spiro atoms. The fourth-order valence-corrected chi connectivity index (χ4v) is 2.12. The van der Waals surface area contributed by atoms with Crippen LogP contribution in [0.1, 0.15) is 26.5 Å². The average Bonchev–Trinajstić information content (AvgIpc) is 2.72. The number of carboxylic acids is 1. The molecule has 1 atom stereocenters. The van der Waals surface area contributed by atoms with Crippen molar-refractivity contribution >= 4 is 28.3 Å². The Kier molecular flexibility index (Phi) is 5.75. The number of nitrogens with one attached hydrogen (secondary N) is 2. The third-order valence-corrected chi connectivity index (χ3v) is 3.12. The molecule has 1 amide bonds. The maximum absolute atomic E-state index is 11.7. The van der Waals surface area contributed by atoms with Gasteiger partial charge in [0, 0.05) is 11.9 Å². The van der Waals surface area contributed by atoms with Crippen LogP contribution in [0.4, 0.5) is 5.13 Å². The van der Waals surface area contributed by atoms with Gasteiger partial charge in [-0.1, -0.05) is 13.8 Å². The zero-order valence-electron chi connectivity index (χ0n) is 11.3. The molecular formula is C12H19N3O3S. The Bertz CT molecular complexity index is 445. The highest BCUT2D eigenvalue weighted by Gasteiger charge is 2.14. The van der Waals surface area contributed by atoms with Crippen LogP contribution < -0.4 is 10.6 Å². The van der Waals surface area contributed by atoms with Crippen LogP contribution in [0.5, 0.6) is 0 Å². The maximum Gasteiger partial charge on any atom is 0.309 e. The monoisotopic (exact) mass is 285 g/mol. The van der Waals surface area contributed by atoms with Gasteiger partial charge < -0.3 is 15.7 Å². The van der Waals surface area contributed by atoms with E-state index in [1.165, 1.54) is 11.3 Å². The molecular weight excluding hydrogens is 266 g/mol. The van der Waals surface area contributed by atoms with E-state index in [1.54, 1.807) is 12.3 Å². The molecule has 106 valence electrons. The highest BCUT2D eigenvalue weighted by molar-refractivity contribution is 7.13. The molecule has 0 aliphatic carbocycles. The number of aliphatic carboxylic acids is 1. The van der Waals surface area contributed by atoms with Crippen LogP contribution in [0.3, 0.4) is 0 Å². The Balaban J connectivity index is 2.47. The second-order valence-corrected chi connectivity index (χ2v) is 5.58. The van der Waals surface area contributed by atoms with Gasteiger partial charge in [0.1, 0.15) is 6.04 Å². The van der Waals surface area contributed by atoms with E-state index in [0.717, 1.165) is 0 Å². The molecule has 19 heavy (non-hydrogen) atoms. The summed E-state index contributed by atoms with van der Waals surface area (Å²) in [5.41, 5.74) is 0.495. The van der Waals surface area contributed by atoms with Crippen molar-refractivity contribution in [3.05, 3.63) is 11.1 Å². The van der Waals surface area contributed by atoms with Gasteiger partial charge >= 0.3 is 5.97 Å². The normalized spacial score (nSPS) is 12.2. The van der Waals surface area contributed by atoms with E-state index in [1.807, 2.05) is 13.8 Å². The van der Waals surface area contributed by atoms with Crippen molar-refractivity contribution in [1.82, 2.24) is 10.3 Å². The largest absolute Gasteiger partial charge is 0.481 e. The highest BCUT2D eigenvalue weighted by atomic mass is 32.1. The van der Waals surface area contributed by atoms with Crippen molar-refractivity contribution < 1.29 is 14.7 Å². The molecule has 0 bridgehead atoms. The molecule has 0 aromatic carbocycles. The Hall–Kier alpha value is -1.63. The fourth-order valence-electron chi connectivity index (χ4n) is 1.32. The fraction of sp³-hybridized carbons (Fsp3) is 0.583. The van der Waals surface area contributed by atoms with Crippen molar-refractivity contribution in [2.45, 2.75) is 33.2 Å². The summed E-state index contributed by atoms with van der Waals surface area (Å²) in [4.78, 5) is 26.4. The minimum atomic E-state index is -0.917. The van der Waals surface area contributed by atoms with E-state index in [0.29, 0.717) is 23.3 Å².